The molecule has 0 amide bonds. The van der Waals surface area contributed by atoms with Gasteiger partial charge in [-0.15, -0.1) is 0 Å². The zero-order valence-electron chi connectivity index (χ0n) is 21.2. The largest absolute Gasteiger partial charge is 2.00 e. The molecule has 0 aromatic carbocycles. The Balaban J connectivity index is -0.000000529. The van der Waals surface area contributed by atoms with Gasteiger partial charge >= 0.3 is 17.1 Å². The Hall–Kier alpha value is 0.339. The van der Waals surface area contributed by atoms with Crippen LogP contribution in [0.15, 0.2) is 0 Å². The van der Waals surface area contributed by atoms with Gasteiger partial charge in [-0.2, -0.15) is 0 Å². The van der Waals surface area contributed by atoms with E-state index in [0.29, 0.717) is 12.8 Å². The fourth-order valence-electron chi connectivity index (χ4n) is 3.53. The van der Waals surface area contributed by atoms with E-state index in [0.717, 1.165) is 25.7 Å². The minimum Gasteiger partial charge on any atom is -0.748 e. The van der Waals surface area contributed by atoms with E-state index in [4.69, 9.17) is 0 Å². The second kappa shape index (κ2) is 26.9. The molecule has 0 N–H and O–H groups in total. The van der Waals surface area contributed by atoms with Crippen LogP contribution < -0.4 is 0 Å². The van der Waals surface area contributed by atoms with Crippen molar-refractivity contribution in [3.63, 3.8) is 0 Å². The second-order valence-electron chi connectivity index (χ2n) is 8.89. The third-order valence-corrected chi connectivity index (χ3v) is 7.07. The fourth-order valence-corrected chi connectivity index (χ4v) is 4.65. The van der Waals surface area contributed by atoms with Crippen molar-refractivity contribution in [2.24, 2.45) is 0 Å². The summed E-state index contributed by atoms with van der Waals surface area (Å²) in [4.78, 5) is 0. The summed E-state index contributed by atoms with van der Waals surface area (Å²) in [7, 11) is -7.96. The van der Waals surface area contributed by atoms with Gasteiger partial charge in [-0.1, -0.05) is 129 Å². The van der Waals surface area contributed by atoms with E-state index >= 15 is 0 Å². The fraction of sp³-hybridized carbons (Fsp3) is 1.00. The van der Waals surface area contributed by atoms with Crippen LogP contribution in [0.4, 0.5) is 0 Å². The predicted molar refractivity (Wildman–Crippen MR) is 133 cm³/mol. The van der Waals surface area contributed by atoms with Crippen LogP contribution in [0, 0.1) is 0 Å². The first-order chi connectivity index (χ1) is 15.1. The molecule has 0 saturated carbocycles. The van der Waals surface area contributed by atoms with E-state index in [-0.39, 0.29) is 28.6 Å². The molecule has 0 radical (unpaired) electrons. The van der Waals surface area contributed by atoms with Crippen LogP contribution in [-0.4, -0.2) is 37.4 Å². The molecule has 9 heteroatoms. The third kappa shape index (κ3) is 42.9. The Kier molecular flexibility index (Phi) is 30.9. The standard InChI is InChI=1S/2C12H26O3S.Fe/c2*1-2-3-4-5-6-7-8-9-10-11-12-16(13,14)15;/h2*2-12H2,1H3,(H,13,14,15);/q;;+2/p-2. The molecular weight excluding hydrogens is 504 g/mol. The van der Waals surface area contributed by atoms with Crippen LogP contribution in [0.25, 0.3) is 0 Å². The summed E-state index contributed by atoms with van der Waals surface area (Å²) in [5.41, 5.74) is 0. The number of hydrogen-bond donors (Lipinski definition) is 0. The van der Waals surface area contributed by atoms with Gasteiger partial charge < -0.3 is 9.11 Å². The van der Waals surface area contributed by atoms with Gasteiger partial charge in [0.1, 0.15) is 0 Å². The summed E-state index contributed by atoms with van der Waals surface area (Å²) < 4.78 is 61.9. The maximum absolute atomic E-state index is 10.3. The Morgan fingerprint density at radius 2 is 0.576 bits per heavy atom. The van der Waals surface area contributed by atoms with Crippen LogP contribution in [-0.2, 0) is 37.3 Å². The zero-order chi connectivity index (χ0) is 24.6. The molecule has 0 fully saturated rings. The Labute approximate surface area is 216 Å². The molecule has 0 rings (SSSR count). The van der Waals surface area contributed by atoms with Gasteiger partial charge in [-0.3, -0.25) is 0 Å². The third-order valence-electron chi connectivity index (χ3n) is 5.50. The summed E-state index contributed by atoms with van der Waals surface area (Å²) in [5.74, 6) is -0.382. The second-order valence-corrected chi connectivity index (χ2v) is 11.9. The minimum absolute atomic E-state index is 0. The van der Waals surface area contributed by atoms with E-state index in [1.807, 2.05) is 0 Å². The minimum atomic E-state index is -3.98. The van der Waals surface area contributed by atoms with Crippen molar-refractivity contribution in [1.82, 2.24) is 0 Å². The molecule has 0 unspecified atom stereocenters. The molecule has 0 spiro atoms. The smallest absolute Gasteiger partial charge is 0.748 e. The SMILES string of the molecule is CCCCCCCCCCCCS(=O)(=O)[O-].CCCCCCCCCCCCS(=O)(=O)[O-].[Fe+2]. The van der Waals surface area contributed by atoms with E-state index < -0.39 is 20.2 Å². The van der Waals surface area contributed by atoms with Gasteiger partial charge in [0.2, 0.25) is 0 Å². The van der Waals surface area contributed by atoms with Crippen molar-refractivity contribution >= 4 is 20.2 Å². The van der Waals surface area contributed by atoms with Crippen LogP contribution in [0.5, 0.6) is 0 Å². The monoisotopic (exact) mass is 554 g/mol. The van der Waals surface area contributed by atoms with Crippen LogP contribution >= 0.6 is 0 Å². The first-order valence-corrected chi connectivity index (χ1v) is 16.1. The Morgan fingerprint density at radius 3 is 0.758 bits per heavy atom. The van der Waals surface area contributed by atoms with E-state index in [9.17, 15) is 25.9 Å². The predicted octanol–water partition coefficient (Wildman–Crippen LogP) is 6.90. The quantitative estimate of drug-likeness (QED) is 0.0817. The molecule has 0 aromatic rings. The number of rotatable bonds is 22. The molecule has 0 bridgehead atoms. The maximum Gasteiger partial charge on any atom is 2.00 e. The summed E-state index contributed by atoms with van der Waals surface area (Å²) in [6, 6.07) is 0. The van der Waals surface area contributed by atoms with E-state index in [1.54, 1.807) is 0 Å². The Bertz CT molecular complexity index is 528. The molecule has 0 aliphatic carbocycles. The zero-order valence-corrected chi connectivity index (χ0v) is 23.9. The summed E-state index contributed by atoms with van der Waals surface area (Å²) in [6.45, 7) is 4.42. The number of hydrogen-bond acceptors (Lipinski definition) is 6. The van der Waals surface area contributed by atoms with Gasteiger partial charge in [-0.05, 0) is 12.8 Å². The summed E-state index contributed by atoms with van der Waals surface area (Å²) >= 11 is 0. The maximum atomic E-state index is 10.3. The molecule has 0 aliphatic heterocycles. The van der Waals surface area contributed by atoms with Crippen molar-refractivity contribution in [3.8, 4) is 0 Å². The van der Waals surface area contributed by atoms with Gasteiger partial charge in [0, 0.05) is 11.5 Å². The van der Waals surface area contributed by atoms with Gasteiger partial charge in [0.25, 0.3) is 0 Å². The molecule has 0 aliphatic rings. The van der Waals surface area contributed by atoms with Crippen LogP contribution in [0.3, 0.4) is 0 Å². The first-order valence-electron chi connectivity index (χ1n) is 13.0. The van der Waals surface area contributed by atoms with Gasteiger partial charge in [0.15, 0.2) is 0 Å². The Morgan fingerprint density at radius 1 is 0.394 bits per heavy atom. The topological polar surface area (TPSA) is 114 Å². The van der Waals surface area contributed by atoms with Crippen LogP contribution in [0.1, 0.15) is 142 Å². The molecule has 0 atom stereocenters. The van der Waals surface area contributed by atoms with Crippen molar-refractivity contribution in [1.29, 1.82) is 0 Å². The number of unbranched alkanes of at least 4 members (excludes halogenated alkanes) is 18. The van der Waals surface area contributed by atoms with Gasteiger partial charge in [-0.25, -0.2) is 16.8 Å². The average Bonchev–Trinajstić information content (AvgIpc) is 2.70. The molecule has 0 saturated heterocycles. The molecular formula is C24H50FeO6S2. The normalized spacial score (nSPS) is 11.5. The first kappa shape index (κ1) is 37.9. The molecule has 6 nitrogen and oxygen atoms in total. The summed E-state index contributed by atoms with van der Waals surface area (Å²) in [5, 5.41) is 0. The molecule has 0 aromatic heterocycles. The van der Waals surface area contributed by atoms with Crippen molar-refractivity contribution in [2.45, 2.75) is 142 Å². The molecule has 33 heavy (non-hydrogen) atoms. The molecule has 0 heterocycles. The van der Waals surface area contributed by atoms with Crippen LogP contribution in [0.2, 0.25) is 0 Å². The molecule has 202 valence electrons. The van der Waals surface area contributed by atoms with Gasteiger partial charge in [0.05, 0.1) is 20.2 Å². The van der Waals surface area contributed by atoms with Crippen molar-refractivity contribution in [2.75, 3.05) is 11.5 Å². The van der Waals surface area contributed by atoms with E-state index in [1.165, 1.54) is 89.9 Å². The van der Waals surface area contributed by atoms with E-state index in [2.05, 4.69) is 13.8 Å². The van der Waals surface area contributed by atoms with Crippen molar-refractivity contribution < 1.29 is 43.0 Å². The van der Waals surface area contributed by atoms with Crippen molar-refractivity contribution in [3.05, 3.63) is 0 Å². The summed E-state index contributed by atoms with van der Waals surface area (Å²) in [6.07, 6.45) is 22.9. The average molecular weight is 555 g/mol.